The lowest BCUT2D eigenvalue weighted by atomic mass is 10.1. The van der Waals surface area contributed by atoms with Gasteiger partial charge in [-0.15, -0.1) is 0 Å². The van der Waals surface area contributed by atoms with Crippen molar-refractivity contribution in [3.8, 4) is 11.5 Å². The molecule has 0 bridgehead atoms. The normalized spacial score (nSPS) is 10.1. The van der Waals surface area contributed by atoms with Gasteiger partial charge in [0.1, 0.15) is 11.5 Å². The summed E-state index contributed by atoms with van der Waals surface area (Å²) in [6.07, 6.45) is 0. The molecule has 2 aromatic carbocycles. The van der Waals surface area contributed by atoms with Crippen LogP contribution in [0.1, 0.15) is 15.9 Å². The van der Waals surface area contributed by atoms with Crippen LogP contribution in [0.15, 0.2) is 42.5 Å². The van der Waals surface area contributed by atoms with Crippen molar-refractivity contribution in [1.29, 1.82) is 0 Å². The highest BCUT2D eigenvalue weighted by atomic mass is 35.5. The molecule has 0 aromatic heterocycles. The summed E-state index contributed by atoms with van der Waals surface area (Å²) >= 11 is 5.85. The Bertz CT molecular complexity index is 611. The Labute approximate surface area is 122 Å². The summed E-state index contributed by atoms with van der Waals surface area (Å²) in [4.78, 5) is 12.1. The molecule has 2 rings (SSSR count). The number of halogens is 1. The van der Waals surface area contributed by atoms with Crippen LogP contribution in [-0.4, -0.2) is 18.1 Å². The van der Waals surface area contributed by atoms with Gasteiger partial charge in [0.15, 0.2) is 0 Å². The SMILES string of the molecule is COc1cc(Cl)ccc1C(=O)NCc1ccc(O)cc1. The van der Waals surface area contributed by atoms with E-state index in [2.05, 4.69) is 5.32 Å². The molecule has 0 unspecified atom stereocenters. The topological polar surface area (TPSA) is 58.6 Å². The molecule has 0 saturated heterocycles. The van der Waals surface area contributed by atoms with E-state index in [-0.39, 0.29) is 11.7 Å². The molecule has 2 N–H and O–H groups in total. The second-order valence-electron chi connectivity index (χ2n) is 4.19. The van der Waals surface area contributed by atoms with Gasteiger partial charge in [-0.1, -0.05) is 23.7 Å². The molecule has 1 amide bonds. The minimum atomic E-state index is -0.244. The maximum Gasteiger partial charge on any atom is 0.255 e. The van der Waals surface area contributed by atoms with E-state index in [1.165, 1.54) is 7.11 Å². The highest BCUT2D eigenvalue weighted by Crippen LogP contribution is 2.23. The summed E-state index contributed by atoms with van der Waals surface area (Å²) < 4.78 is 5.14. The number of ether oxygens (including phenoxy) is 1. The number of benzene rings is 2. The average molecular weight is 292 g/mol. The van der Waals surface area contributed by atoms with Gasteiger partial charge in [-0.3, -0.25) is 4.79 Å². The molecule has 20 heavy (non-hydrogen) atoms. The van der Waals surface area contributed by atoms with Crippen LogP contribution in [0.3, 0.4) is 0 Å². The average Bonchev–Trinajstić information content (AvgIpc) is 2.46. The zero-order valence-electron chi connectivity index (χ0n) is 10.9. The molecule has 0 aliphatic carbocycles. The van der Waals surface area contributed by atoms with Gasteiger partial charge in [-0.05, 0) is 35.9 Å². The Morgan fingerprint density at radius 2 is 1.95 bits per heavy atom. The number of amides is 1. The van der Waals surface area contributed by atoms with E-state index >= 15 is 0 Å². The van der Waals surface area contributed by atoms with Crippen molar-refractivity contribution in [1.82, 2.24) is 5.32 Å². The summed E-state index contributed by atoms with van der Waals surface area (Å²) in [5, 5.41) is 12.5. The molecule has 0 atom stereocenters. The van der Waals surface area contributed by atoms with E-state index in [4.69, 9.17) is 16.3 Å². The van der Waals surface area contributed by atoms with Gasteiger partial charge in [0.2, 0.25) is 0 Å². The quantitative estimate of drug-likeness (QED) is 0.910. The maximum absolute atomic E-state index is 12.1. The van der Waals surface area contributed by atoms with E-state index < -0.39 is 0 Å². The molecule has 4 nitrogen and oxygen atoms in total. The van der Waals surface area contributed by atoms with Crippen molar-refractivity contribution >= 4 is 17.5 Å². The van der Waals surface area contributed by atoms with Crippen molar-refractivity contribution in [2.75, 3.05) is 7.11 Å². The molecule has 0 heterocycles. The third-order valence-corrected chi connectivity index (χ3v) is 3.03. The summed E-state index contributed by atoms with van der Waals surface area (Å²) in [7, 11) is 1.49. The molecular weight excluding hydrogens is 278 g/mol. The molecule has 0 saturated carbocycles. The molecule has 104 valence electrons. The van der Waals surface area contributed by atoms with Gasteiger partial charge in [0.05, 0.1) is 12.7 Å². The van der Waals surface area contributed by atoms with Crippen molar-refractivity contribution < 1.29 is 14.6 Å². The summed E-state index contributed by atoms with van der Waals surface area (Å²) in [5.74, 6) is 0.381. The van der Waals surface area contributed by atoms with Crippen LogP contribution in [0.5, 0.6) is 11.5 Å². The fourth-order valence-electron chi connectivity index (χ4n) is 1.74. The first-order chi connectivity index (χ1) is 9.60. The Morgan fingerprint density at radius 3 is 2.60 bits per heavy atom. The third-order valence-electron chi connectivity index (χ3n) is 2.80. The number of rotatable bonds is 4. The number of carbonyl (C=O) groups is 1. The molecule has 0 aliphatic rings. The van der Waals surface area contributed by atoms with Crippen LogP contribution >= 0.6 is 11.6 Å². The van der Waals surface area contributed by atoms with Crippen molar-refractivity contribution in [2.24, 2.45) is 0 Å². The lowest BCUT2D eigenvalue weighted by molar-refractivity contribution is 0.0948. The van der Waals surface area contributed by atoms with E-state index in [1.54, 1.807) is 42.5 Å². The monoisotopic (exact) mass is 291 g/mol. The number of aromatic hydroxyl groups is 1. The predicted molar refractivity (Wildman–Crippen MR) is 77.3 cm³/mol. The maximum atomic E-state index is 12.1. The van der Waals surface area contributed by atoms with Crippen LogP contribution in [-0.2, 0) is 6.54 Å². The van der Waals surface area contributed by atoms with Gasteiger partial charge < -0.3 is 15.2 Å². The Morgan fingerprint density at radius 1 is 1.25 bits per heavy atom. The van der Waals surface area contributed by atoms with Crippen molar-refractivity contribution in [3.05, 3.63) is 58.6 Å². The number of phenols is 1. The molecule has 5 heteroatoms. The summed E-state index contributed by atoms with van der Waals surface area (Å²) in [6, 6.07) is 11.5. The highest BCUT2D eigenvalue weighted by Gasteiger charge is 2.12. The number of phenolic OH excluding ortho intramolecular Hbond substituents is 1. The van der Waals surface area contributed by atoms with Gasteiger partial charge in [0, 0.05) is 11.6 Å². The minimum Gasteiger partial charge on any atom is -0.508 e. The standard InChI is InChI=1S/C15H14ClNO3/c1-20-14-8-11(16)4-7-13(14)15(19)17-9-10-2-5-12(18)6-3-10/h2-8,18H,9H2,1H3,(H,17,19). The fourth-order valence-corrected chi connectivity index (χ4v) is 1.91. The van der Waals surface area contributed by atoms with Gasteiger partial charge in [-0.25, -0.2) is 0 Å². The lowest BCUT2D eigenvalue weighted by Crippen LogP contribution is -2.23. The van der Waals surface area contributed by atoms with Crippen LogP contribution in [0.2, 0.25) is 5.02 Å². The molecule has 0 spiro atoms. The van der Waals surface area contributed by atoms with Crippen LogP contribution < -0.4 is 10.1 Å². The van der Waals surface area contributed by atoms with E-state index in [9.17, 15) is 9.90 Å². The number of carbonyl (C=O) groups excluding carboxylic acids is 1. The first-order valence-electron chi connectivity index (χ1n) is 6.00. The Balaban J connectivity index is 2.07. The second kappa shape index (κ2) is 6.30. The zero-order valence-corrected chi connectivity index (χ0v) is 11.6. The Kier molecular flexibility index (Phi) is 4.48. The van der Waals surface area contributed by atoms with Gasteiger partial charge in [-0.2, -0.15) is 0 Å². The molecular formula is C15H14ClNO3. The largest absolute Gasteiger partial charge is 0.508 e. The Hall–Kier alpha value is -2.20. The highest BCUT2D eigenvalue weighted by molar-refractivity contribution is 6.30. The van der Waals surface area contributed by atoms with Gasteiger partial charge in [0.25, 0.3) is 5.91 Å². The van der Waals surface area contributed by atoms with Crippen LogP contribution in [0.25, 0.3) is 0 Å². The smallest absolute Gasteiger partial charge is 0.255 e. The lowest BCUT2D eigenvalue weighted by Gasteiger charge is -2.09. The second-order valence-corrected chi connectivity index (χ2v) is 4.63. The first kappa shape index (κ1) is 14.2. The number of nitrogens with one attached hydrogen (secondary N) is 1. The molecule has 0 aliphatic heterocycles. The minimum absolute atomic E-state index is 0.194. The van der Waals surface area contributed by atoms with Crippen molar-refractivity contribution in [3.63, 3.8) is 0 Å². The zero-order chi connectivity index (χ0) is 14.5. The van der Waals surface area contributed by atoms with Crippen molar-refractivity contribution in [2.45, 2.75) is 6.54 Å². The fraction of sp³-hybridized carbons (Fsp3) is 0.133. The van der Waals surface area contributed by atoms with E-state index in [0.29, 0.717) is 22.9 Å². The van der Waals surface area contributed by atoms with E-state index in [1.807, 2.05) is 0 Å². The third kappa shape index (κ3) is 3.42. The molecule has 0 radical (unpaired) electrons. The predicted octanol–water partition coefficient (Wildman–Crippen LogP) is 2.98. The van der Waals surface area contributed by atoms with Crippen LogP contribution in [0.4, 0.5) is 0 Å². The molecule has 0 fully saturated rings. The first-order valence-corrected chi connectivity index (χ1v) is 6.37. The number of hydrogen-bond donors (Lipinski definition) is 2. The number of hydrogen-bond acceptors (Lipinski definition) is 3. The van der Waals surface area contributed by atoms with Crippen LogP contribution in [0, 0.1) is 0 Å². The van der Waals surface area contributed by atoms with Gasteiger partial charge >= 0.3 is 0 Å². The summed E-state index contributed by atoms with van der Waals surface area (Å²) in [5.41, 5.74) is 1.32. The van der Waals surface area contributed by atoms with E-state index in [0.717, 1.165) is 5.56 Å². The number of methoxy groups -OCH3 is 1. The summed E-state index contributed by atoms with van der Waals surface area (Å²) in [6.45, 7) is 0.366. The molecule has 2 aromatic rings.